The van der Waals surface area contributed by atoms with Crippen molar-refractivity contribution in [1.29, 1.82) is 0 Å². The van der Waals surface area contributed by atoms with Crippen molar-refractivity contribution in [3.05, 3.63) is 16.1 Å². The number of rotatable bonds is 3. The average molecular weight is 173 g/mol. The molecule has 1 rings (SSSR count). The molecule has 0 bridgehead atoms. The summed E-state index contributed by atoms with van der Waals surface area (Å²) in [5.41, 5.74) is 0.659. The molecular formula is C7H8FNOS. The summed E-state index contributed by atoms with van der Waals surface area (Å²) in [6, 6.07) is 0. The van der Waals surface area contributed by atoms with E-state index in [4.69, 9.17) is 0 Å². The Balaban J connectivity index is 2.57. The van der Waals surface area contributed by atoms with Crippen LogP contribution in [0.4, 0.5) is 4.39 Å². The first-order chi connectivity index (χ1) is 5.22. The van der Waals surface area contributed by atoms with Crippen LogP contribution in [0.2, 0.25) is 0 Å². The van der Waals surface area contributed by atoms with Gasteiger partial charge in [0, 0.05) is 11.8 Å². The molecule has 60 valence electrons. The van der Waals surface area contributed by atoms with Crippen LogP contribution < -0.4 is 0 Å². The molecule has 0 fully saturated rings. The third kappa shape index (κ3) is 2.38. The van der Waals surface area contributed by atoms with Crippen molar-refractivity contribution in [2.45, 2.75) is 19.5 Å². The van der Waals surface area contributed by atoms with Crippen molar-refractivity contribution in [3.63, 3.8) is 0 Å². The van der Waals surface area contributed by atoms with Crippen molar-refractivity contribution in [3.8, 4) is 0 Å². The van der Waals surface area contributed by atoms with Crippen molar-refractivity contribution in [2.75, 3.05) is 0 Å². The van der Waals surface area contributed by atoms with Gasteiger partial charge in [-0.25, -0.2) is 9.37 Å². The molecule has 11 heavy (non-hydrogen) atoms. The van der Waals surface area contributed by atoms with Crippen LogP contribution in [0.3, 0.4) is 0 Å². The summed E-state index contributed by atoms with van der Waals surface area (Å²) in [5.74, 6) is 0. The summed E-state index contributed by atoms with van der Waals surface area (Å²) < 4.78 is 12.4. The highest BCUT2D eigenvalue weighted by Gasteiger charge is 2.07. The third-order valence-corrected chi connectivity index (χ3v) is 2.04. The zero-order chi connectivity index (χ0) is 8.27. The summed E-state index contributed by atoms with van der Waals surface area (Å²) in [7, 11) is 0. The molecule has 0 saturated heterocycles. The van der Waals surface area contributed by atoms with Gasteiger partial charge >= 0.3 is 0 Å². The van der Waals surface area contributed by atoms with Crippen molar-refractivity contribution in [2.24, 2.45) is 0 Å². The maximum Gasteiger partial charge on any atom is 0.161 e. The van der Waals surface area contributed by atoms with Gasteiger partial charge in [-0.15, -0.1) is 11.3 Å². The summed E-state index contributed by atoms with van der Waals surface area (Å²) in [6.45, 7) is 1.85. The lowest BCUT2D eigenvalue weighted by Crippen LogP contribution is -2.05. The Bertz CT molecular complexity index is 248. The summed E-state index contributed by atoms with van der Waals surface area (Å²) in [4.78, 5) is 13.9. The molecule has 4 heteroatoms. The van der Waals surface area contributed by atoms with Gasteiger partial charge in [-0.2, -0.15) is 0 Å². The molecule has 0 aliphatic carbocycles. The zero-order valence-electron chi connectivity index (χ0n) is 6.08. The molecule has 1 aromatic heterocycles. The Kier molecular flexibility index (Phi) is 2.70. The van der Waals surface area contributed by atoms with E-state index >= 15 is 0 Å². The number of nitrogens with zero attached hydrogens (tertiary/aromatic N) is 1. The predicted octanol–water partition coefficient (Wildman–Crippen LogP) is 1.53. The topological polar surface area (TPSA) is 30.0 Å². The first-order valence-electron chi connectivity index (χ1n) is 3.22. The van der Waals surface area contributed by atoms with Gasteiger partial charge in [0.1, 0.15) is 0 Å². The van der Waals surface area contributed by atoms with Crippen LogP contribution in [-0.2, 0) is 11.2 Å². The molecule has 0 aliphatic rings. The largest absolute Gasteiger partial charge is 0.300 e. The lowest BCUT2D eigenvalue weighted by atomic mass is 10.2. The molecule has 0 spiro atoms. The second-order valence-electron chi connectivity index (χ2n) is 2.21. The second kappa shape index (κ2) is 3.57. The maximum atomic E-state index is 12.4. The Morgan fingerprint density at radius 2 is 2.64 bits per heavy atom. The van der Waals surface area contributed by atoms with E-state index in [1.165, 1.54) is 11.3 Å². The fourth-order valence-corrected chi connectivity index (χ4v) is 1.38. The van der Waals surface area contributed by atoms with E-state index in [1.807, 2.05) is 6.92 Å². The lowest BCUT2D eigenvalue weighted by molar-refractivity contribution is -0.111. The molecule has 0 N–H and O–H groups in total. The lowest BCUT2D eigenvalue weighted by Gasteiger charge is -1.93. The average Bonchev–Trinajstić information content (AvgIpc) is 2.35. The number of alkyl halides is 1. The molecule has 0 saturated carbocycles. The molecule has 1 atom stereocenters. The number of aromatic nitrogens is 1. The highest BCUT2D eigenvalue weighted by Crippen LogP contribution is 2.10. The van der Waals surface area contributed by atoms with E-state index in [-0.39, 0.29) is 6.42 Å². The number of carbonyl (C=O) groups is 1. The standard InChI is InChI=1S/C7H8FNOS/c1-5-9-7(4-11-5)2-6(8)3-10/h3-4,6H,2H2,1H3. The van der Waals surface area contributed by atoms with Crippen molar-refractivity contribution in [1.82, 2.24) is 4.98 Å². The summed E-state index contributed by atoms with van der Waals surface area (Å²) >= 11 is 1.46. The predicted molar refractivity (Wildman–Crippen MR) is 41.5 cm³/mol. The van der Waals surface area contributed by atoms with Crippen molar-refractivity contribution < 1.29 is 9.18 Å². The van der Waals surface area contributed by atoms with Crippen LogP contribution in [0.1, 0.15) is 10.7 Å². The molecule has 1 heterocycles. The van der Waals surface area contributed by atoms with Crippen LogP contribution in [0.15, 0.2) is 5.38 Å². The quantitative estimate of drug-likeness (QED) is 0.649. The Labute approximate surface area is 68.1 Å². The molecule has 0 amide bonds. The van der Waals surface area contributed by atoms with Gasteiger partial charge in [0.15, 0.2) is 12.5 Å². The van der Waals surface area contributed by atoms with Crippen LogP contribution >= 0.6 is 11.3 Å². The fourth-order valence-electron chi connectivity index (χ4n) is 0.750. The molecule has 0 aromatic carbocycles. The monoisotopic (exact) mass is 173 g/mol. The number of aldehydes is 1. The molecule has 0 radical (unpaired) electrons. The minimum Gasteiger partial charge on any atom is -0.300 e. The normalized spacial score (nSPS) is 12.9. The highest BCUT2D eigenvalue weighted by atomic mass is 32.1. The Morgan fingerprint density at radius 1 is 1.91 bits per heavy atom. The molecule has 1 unspecified atom stereocenters. The van der Waals surface area contributed by atoms with Crippen LogP contribution in [0, 0.1) is 6.92 Å². The highest BCUT2D eigenvalue weighted by molar-refractivity contribution is 7.09. The van der Waals surface area contributed by atoms with Gasteiger partial charge in [0.25, 0.3) is 0 Å². The van der Waals surface area contributed by atoms with Crippen LogP contribution in [-0.4, -0.2) is 17.4 Å². The van der Waals surface area contributed by atoms with E-state index < -0.39 is 6.17 Å². The number of hydrogen-bond acceptors (Lipinski definition) is 3. The minimum atomic E-state index is -1.41. The maximum absolute atomic E-state index is 12.4. The molecular weight excluding hydrogens is 165 g/mol. The fraction of sp³-hybridized carbons (Fsp3) is 0.429. The number of aryl methyl sites for hydroxylation is 1. The van der Waals surface area contributed by atoms with E-state index in [2.05, 4.69) is 4.98 Å². The zero-order valence-corrected chi connectivity index (χ0v) is 6.90. The Hall–Kier alpha value is -0.770. The van der Waals surface area contributed by atoms with Crippen molar-refractivity contribution >= 4 is 17.6 Å². The second-order valence-corrected chi connectivity index (χ2v) is 3.28. The number of thiazole rings is 1. The van der Waals surface area contributed by atoms with Gasteiger partial charge in [-0.3, -0.25) is 0 Å². The smallest absolute Gasteiger partial charge is 0.161 e. The van der Waals surface area contributed by atoms with Gasteiger partial charge in [-0.05, 0) is 6.92 Å². The summed E-state index contributed by atoms with van der Waals surface area (Å²) in [5, 5.41) is 2.67. The van der Waals surface area contributed by atoms with E-state index in [9.17, 15) is 9.18 Å². The summed E-state index contributed by atoms with van der Waals surface area (Å²) in [6.07, 6.45) is -1.00. The first kappa shape index (κ1) is 8.33. The van der Waals surface area contributed by atoms with E-state index in [0.29, 0.717) is 12.0 Å². The SMILES string of the molecule is Cc1nc(CC(F)C=O)cs1. The number of hydrogen-bond donors (Lipinski definition) is 0. The van der Waals surface area contributed by atoms with E-state index in [1.54, 1.807) is 5.38 Å². The number of halogens is 1. The number of carbonyl (C=O) groups excluding carboxylic acids is 1. The molecule has 2 nitrogen and oxygen atoms in total. The van der Waals surface area contributed by atoms with Crippen LogP contribution in [0.25, 0.3) is 0 Å². The van der Waals surface area contributed by atoms with Gasteiger partial charge in [-0.1, -0.05) is 0 Å². The molecule has 1 aromatic rings. The third-order valence-electron chi connectivity index (χ3n) is 1.22. The Morgan fingerprint density at radius 3 is 3.09 bits per heavy atom. The van der Waals surface area contributed by atoms with Gasteiger partial charge in [0.05, 0.1) is 10.7 Å². The minimum absolute atomic E-state index is 0.105. The van der Waals surface area contributed by atoms with E-state index in [0.717, 1.165) is 5.01 Å². The van der Waals surface area contributed by atoms with Crippen LogP contribution in [0.5, 0.6) is 0 Å². The van der Waals surface area contributed by atoms with Gasteiger partial charge < -0.3 is 4.79 Å². The first-order valence-corrected chi connectivity index (χ1v) is 4.10. The van der Waals surface area contributed by atoms with Gasteiger partial charge in [0.2, 0.25) is 0 Å². The molecule has 0 aliphatic heterocycles.